The predicted molar refractivity (Wildman–Crippen MR) is 86.4 cm³/mol. The molecule has 1 aromatic carbocycles. The summed E-state index contributed by atoms with van der Waals surface area (Å²) in [6, 6.07) is 14.5. The number of rotatable bonds is 8. The van der Waals surface area contributed by atoms with E-state index in [1.165, 1.54) is 5.56 Å². The van der Waals surface area contributed by atoms with Gasteiger partial charge in [0.15, 0.2) is 0 Å². The molecular weight excluding hydrogens is 260 g/mol. The van der Waals surface area contributed by atoms with Gasteiger partial charge in [-0.25, -0.2) is 4.98 Å². The molecule has 0 bridgehead atoms. The molecule has 1 heterocycles. The zero-order chi connectivity index (χ0) is 14.9. The van der Waals surface area contributed by atoms with Gasteiger partial charge in [-0.2, -0.15) is 0 Å². The zero-order valence-corrected chi connectivity index (χ0v) is 12.7. The molecule has 0 saturated carbocycles. The van der Waals surface area contributed by atoms with Gasteiger partial charge in [-0.05, 0) is 36.5 Å². The van der Waals surface area contributed by atoms with Crippen molar-refractivity contribution in [1.82, 2.24) is 4.98 Å². The van der Waals surface area contributed by atoms with Crippen LogP contribution in [0.15, 0.2) is 42.5 Å². The molecule has 2 rings (SSSR count). The molecule has 0 aliphatic heterocycles. The molecule has 0 radical (unpaired) electrons. The van der Waals surface area contributed by atoms with E-state index in [0.29, 0.717) is 19.0 Å². The van der Waals surface area contributed by atoms with Crippen LogP contribution in [0.3, 0.4) is 0 Å². The minimum absolute atomic E-state index is 0.527. The minimum Gasteiger partial charge on any atom is -0.478 e. The number of hydrogen-bond donors (Lipinski definition) is 1. The van der Waals surface area contributed by atoms with Crippen LogP contribution in [0.25, 0.3) is 0 Å². The van der Waals surface area contributed by atoms with Crippen molar-refractivity contribution >= 4 is 0 Å². The van der Waals surface area contributed by atoms with Gasteiger partial charge in [0.2, 0.25) is 5.88 Å². The summed E-state index contributed by atoms with van der Waals surface area (Å²) in [6.07, 6.45) is 4.06. The summed E-state index contributed by atoms with van der Waals surface area (Å²) in [7, 11) is 0. The summed E-state index contributed by atoms with van der Waals surface area (Å²) in [5, 5.41) is 0. The Kier molecular flexibility index (Phi) is 6.22. The van der Waals surface area contributed by atoms with Crippen molar-refractivity contribution in [2.45, 2.75) is 39.2 Å². The highest BCUT2D eigenvalue weighted by Crippen LogP contribution is 2.14. The van der Waals surface area contributed by atoms with E-state index in [-0.39, 0.29) is 0 Å². The molecule has 3 heteroatoms. The Hall–Kier alpha value is -1.87. The summed E-state index contributed by atoms with van der Waals surface area (Å²) in [4.78, 5) is 4.54. The molecule has 112 valence electrons. The molecule has 2 N–H and O–H groups in total. The maximum absolute atomic E-state index is 5.79. The van der Waals surface area contributed by atoms with Gasteiger partial charge in [0, 0.05) is 18.3 Å². The van der Waals surface area contributed by atoms with Crippen LogP contribution in [0.2, 0.25) is 0 Å². The summed E-state index contributed by atoms with van der Waals surface area (Å²) < 4.78 is 5.79. The van der Waals surface area contributed by atoms with Gasteiger partial charge in [0.25, 0.3) is 0 Å². The SMILES string of the molecule is CCCc1cc(CN)cc(OCCCc2ccccc2)n1. The number of pyridine rings is 1. The summed E-state index contributed by atoms with van der Waals surface area (Å²) in [5.41, 5.74) is 9.23. The number of ether oxygens (including phenoxy) is 1. The van der Waals surface area contributed by atoms with Gasteiger partial charge in [0.1, 0.15) is 0 Å². The minimum atomic E-state index is 0.527. The third-order valence-corrected chi connectivity index (χ3v) is 3.36. The van der Waals surface area contributed by atoms with Gasteiger partial charge >= 0.3 is 0 Å². The standard InChI is InChI=1S/C18H24N2O/c1-2-7-17-12-16(14-19)13-18(20-17)21-11-6-10-15-8-4-3-5-9-15/h3-5,8-9,12-13H,2,6-7,10-11,14,19H2,1H3. The van der Waals surface area contributed by atoms with Crippen LogP contribution >= 0.6 is 0 Å². The molecule has 21 heavy (non-hydrogen) atoms. The van der Waals surface area contributed by atoms with Gasteiger partial charge in [-0.15, -0.1) is 0 Å². The molecule has 2 aromatic rings. The smallest absolute Gasteiger partial charge is 0.213 e. The second-order valence-corrected chi connectivity index (χ2v) is 5.20. The van der Waals surface area contributed by atoms with Crippen LogP contribution in [-0.2, 0) is 19.4 Å². The van der Waals surface area contributed by atoms with Crippen LogP contribution in [0.4, 0.5) is 0 Å². The molecule has 0 amide bonds. The Morgan fingerprint density at radius 1 is 1.05 bits per heavy atom. The molecule has 0 aliphatic carbocycles. The first kappa shape index (κ1) is 15.5. The molecule has 0 unspecified atom stereocenters. The highest BCUT2D eigenvalue weighted by molar-refractivity contribution is 5.25. The molecule has 0 atom stereocenters. The average molecular weight is 284 g/mol. The van der Waals surface area contributed by atoms with E-state index < -0.39 is 0 Å². The normalized spacial score (nSPS) is 10.6. The van der Waals surface area contributed by atoms with Gasteiger partial charge < -0.3 is 10.5 Å². The first-order valence-electron chi connectivity index (χ1n) is 7.68. The topological polar surface area (TPSA) is 48.1 Å². The quantitative estimate of drug-likeness (QED) is 0.755. The zero-order valence-electron chi connectivity index (χ0n) is 12.7. The second-order valence-electron chi connectivity index (χ2n) is 5.20. The van der Waals surface area contributed by atoms with Gasteiger partial charge in [0.05, 0.1) is 6.61 Å². The Morgan fingerprint density at radius 2 is 1.86 bits per heavy atom. The summed E-state index contributed by atoms with van der Waals surface area (Å²) in [5.74, 6) is 0.703. The van der Waals surface area contributed by atoms with E-state index in [1.807, 2.05) is 12.1 Å². The van der Waals surface area contributed by atoms with Crippen molar-refractivity contribution in [3.05, 3.63) is 59.3 Å². The van der Waals surface area contributed by atoms with Crippen LogP contribution in [0.1, 0.15) is 36.6 Å². The fourth-order valence-corrected chi connectivity index (χ4v) is 2.29. The number of nitrogens with two attached hydrogens (primary N) is 1. The number of hydrogen-bond acceptors (Lipinski definition) is 3. The van der Waals surface area contributed by atoms with Crippen molar-refractivity contribution < 1.29 is 4.74 Å². The molecule has 0 saturated heterocycles. The maximum Gasteiger partial charge on any atom is 0.213 e. The highest BCUT2D eigenvalue weighted by Gasteiger charge is 2.03. The summed E-state index contributed by atoms with van der Waals surface area (Å²) in [6.45, 7) is 3.36. The fraction of sp³-hybridized carbons (Fsp3) is 0.389. The maximum atomic E-state index is 5.79. The van der Waals surface area contributed by atoms with E-state index in [0.717, 1.165) is 36.9 Å². The average Bonchev–Trinajstić information content (AvgIpc) is 2.53. The molecule has 0 aliphatic rings. The molecular formula is C18H24N2O. The van der Waals surface area contributed by atoms with E-state index >= 15 is 0 Å². The molecule has 0 fully saturated rings. The van der Waals surface area contributed by atoms with Crippen molar-refractivity contribution in [3.8, 4) is 5.88 Å². The lowest BCUT2D eigenvalue weighted by Crippen LogP contribution is -2.05. The number of benzene rings is 1. The molecule has 1 aromatic heterocycles. The number of aromatic nitrogens is 1. The largest absolute Gasteiger partial charge is 0.478 e. The lowest BCUT2D eigenvalue weighted by Gasteiger charge is -2.09. The Bertz CT molecular complexity index is 540. The Balaban J connectivity index is 1.86. The van der Waals surface area contributed by atoms with Crippen LogP contribution in [0.5, 0.6) is 5.88 Å². The van der Waals surface area contributed by atoms with E-state index in [4.69, 9.17) is 10.5 Å². The van der Waals surface area contributed by atoms with E-state index in [2.05, 4.69) is 42.2 Å². The monoisotopic (exact) mass is 284 g/mol. The Labute approximate surface area is 127 Å². The second kappa shape index (κ2) is 8.42. The number of nitrogens with zero attached hydrogens (tertiary/aromatic N) is 1. The van der Waals surface area contributed by atoms with Crippen molar-refractivity contribution in [1.29, 1.82) is 0 Å². The highest BCUT2D eigenvalue weighted by atomic mass is 16.5. The molecule has 3 nitrogen and oxygen atoms in total. The summed E-state index contributed by atoms with van der Waals surface area (Å²) >= 11 is 0. The first-order valence-corrected chi connectivity index (χ1v) is 7.68. The third-order valence-electron chi connectivity index (χ3n) is 3.36. The Morgan fingerprint density at radius 3 is 2.57 bits per heavy atom. The molecule has 0 spiro atoms. The van der Waals surface area contributed by atoms with Crippen LogP contribution < -0.4 is 10.5 Å². The first-order chi connectivity index (χ1) is 10.3. The number of aryl methyl sites for hydroxylation is 2. The van der Waals surface area contributed by atoms with Crippen LogP contribution in [0, 0.1) is 0 Å². The van der Waals surface area contributed by atoms with E-state index in [9.17, 15) is 0 Å². The fourth-order valence-electron chi connectivity index (χ4n) is 2.29. The lowest BCUT2D eigenvalue weighted by atomic mass is 10.1. The van der Waals surface area contributed by atoms with Crippen molar-refractivity contribution in [2.24, 2.45) is 5.73 Å². The van der Waals surface area contributed by atoms with Crippen molar-refractivity contribution in [3.63, 3.8) is 0 Å². The van der Waals surface area contributed by atoms with E-state index in [1.54, 1.807) is 0 Å². The third kappa shape index (κ3) is 5.20. The van der Waals surface area contributed by atoms with Crippen molar-refractivity contribution in [2.75, 3.05) is 6.61 Å². The van der Waals surface area contributed by atoms with Gasteiger partial charge in [-0.3, -0.25) is 0 Å². The predicted octanol–water partition coefficient (Wildman–Crippen LogP) is 3.50. The van der Waals surface area contributed by atoms with Crippen LogP contribution in [-0.4, -0.2) is 11.6 Å². The lowest BCUT2D eigenvalue weighted by molar-refractivity contribution is 0.298. The van der Waals surface area contributed by atoms with Gasteiger partial charge in [-0.1, -0.05) is 43.7 Å².